The largest absolute Gasteiger partial charge is 0.480 e. The van der Waals surface area contributed by atoms with Crippen LogP contribution in [-0.2, 0) is 33.7 Å². The van der Waals surface area contributed by atoms with Crippen LogP contribution in [-0.4, -0.2) is 66.1 Å². The maximum absolute atomic E-state index is 15.2. The van der Waals surface area contributed by atoms with Crippen LogP contribution in [0.25, 0.3) is 0 Å². The Morgan fingerprint density at radius 2 is 2.13 bits per heavy atom. The molecule has 1 aromatic carbocycles. The number of likely N-dealkylation sites (tertiary alicyclic amines) is 1. The molecule has 0 radical (unpaired) electrons. The summed E-state index contributed by atoms with van der Waals surface area (Å²) in [6, 6.07) is 7.36. The van der Waals surface area contributed by atoms with Crippen LogP contribution in [0.3, 0.4) is 0 Å². The Balaban J connectivity index is 1.14. The number of hydrogen-bond acceptors (Lipinski definition) is 6. The van der Waals surface area contributed by atoms with Gasteiger partial charge >= 0.3 is 5.97 Å². The van der Waals surface area contributed by atoms with Gasteiger partial charge in [-0.15, -0.1) is 0 Å². The molecular formula is C29H37F2N3O4. The fraction of sp³-hybridized carbons (Fsp3) is 0.586. The van der Waals surface area contributed by atoms with Gasteiger partial charge in [0.15, 0.2) is 0 Å². The number of pyridine rings is 1. The Labute approximate surface area is 222 Å². The number of halogens is 2. The van der Waals surface area contributed by atoms with Crippen LogP contribution in [0.2, 0.25) is 0 Å². The third kappa shape index (κ3) is 6.50. The zero-order valence-corrected chi connectivity index (χ0v) is 21.7. The first-order chi connectivity index (χ1) is 18.5. The van der Waals surface area contributed by atoms with E-state index in [1.807, 2.05) is 0 Å². The van der Waals surface area contributed by atoms with E-state index >= 15 is 4.39 Å². The minimum absolute atomic E-state index is 0.0284. The Bertz CT molecular complexity index is 1110. The lowest BCUT2D eigenvalue weighted by molar-refractivity contribution is -0.143. The lowest BCUT2D eigenvalue weighted by Gasteiger charge is -2.29. The van der Waals surface area contributed by atoms with Crippen LogP contribution in [0.1, 0.15) is 60.5 Å². The Kier molecular flexibility index (Phi) is 8.86. The van der Waals surface area contributed by atoms with Crippen molar-refractivity contribution in [1.82, 2.24) is 9.88 Å². The molecule has 2 saturated heterocycles. The fourth-order valence-corrected chi connectivity index (χ4v) is 5.69. The SMILES string of the molecule is O=C(O)C(c1cc(F)ccc1COC1COC1)N1CCC([C@@H](F)CCCCc2ccc3c(n2)NCCC3)C1. The molecule has 4 heterocycles. The highest BCUT2D eigenvalue weighted by molar-refractivity contribution is 5.76. The van der Waals surface area contributed by atoms with Crippen molar-refractivity contribution in [3.8, 4) is 0 Å². The van der Waals surface area contributed by atoms with Crippen molar-refractivity contribution in [2.75, 3.05) is 38.2 Å². The number of nitrogens with zero attached hydrogens (tertiary/aromatic N) is 2. The third-order valence-electron chi connectivity index (χ3n) is 7.97. The number of hydrogen-bond donors (Lipinski definition) is 2. The summed E-state index contributed by atoms with van der Waals surface area (Å²) in [6.07, 6.45) is 4.63. The van der Waals surface area contributed by atoms with Gasteiger partial charge in [0.1, 0.15) is 30.0 Å². The highest BCUT2D eigenvalue weighted by atomic mass is 19.1. The molecule has 3 atom stereocenters. The molecule has 2 unspecified atom stereocenters. The standard InChI is InChI=1S/C29H37F2N3O4/c30-22-9-7-21(16-38-24-17-37-18-24)25(14-22)27(29(35)36)34-13-11-20(15-34)26(31)6-2-1-5-23-10-8-19-4-3-12-32-28(19)33-23/h7-10,14,20,24,26-27H,1-6,11-13,15-18H2,(H,32,33)(H,35,36)/t20?,26-,27?/m0/s1. The van der Waals surface area contributed by atoms with E-state index in [1.165, 1.54) is 17.7 Å². The molecule has 0 bridgehead atoms. The van der Waals surface area contributed by atoms with Gasteiger partial charge in [-0.2, -0.15) is 0 Å². The second kappa shape index (κ2) is 12.5. The van der Waals surface area contributed by atoms with E-state index in [2.05, 4.69) is 17.4 Å². The minimum atomic E-state index is -1.06. The van der Waals surface area contributed by atoms with E-state index < -0.39 is 24.0 Å². The lowest BCUT2D eigenvalue weighted by Crippen LogP contribution is -2.36. The number of fused-ring (bicyclic) bond motifs is 1. The molecule has 3 aliphatic heterocycles. The average Bonchev–Trinajstić information content (AvgIpc) is 3.36. The predicted octanol–water partition coefficient (Wildman–Crippen LogP) is 4.69. The van der Waals surface area contributed by atoms with E-state index in [-0.39, 0.29) is 18.6 Å². The molecule has 9 heteroatoms. The predicted molar refractivity (Wildman–Crippen MR) is 139 cm³/mol. The van der Waals surface area contributed by atoms with Crippen molar-refractivity contribution < 1.29 is 28.2 Å². The van der Waals surface area contributed by atoms with E-state index in [9.17, 15) is 14.3 Å². The number of rotatable bonds is 12. The molecule has 0 amide bonds. The van der Waals surface area contributed by atoms with Gasteiger partial charge < -0.3 is 19.9 Å². The molecule has 3 aliphatic rings. The average molecular weight is 530 g/mol. The molecule has 1 aromatic heterocycles. The summed E-state index contributed by atoms with van der Waals surface area (Å²) in [6.45, 7) is 2.95. The lowest BCUT2D eigenvalue weighted by atomic mass is 9.96. The topological polar surface area (TPSA) is 83.9 Å². The van der Waals surface area contributed by atoms with Crippen LogP contribution in [0.5, 0.6) is 0 Å². The highest BCUT2D eigenvalue weighted by Gasteiger charge is 2.38. The van der Waals surface area contributed by atoms with Crippen LogP contribution < -0.4 is 5.32 Å². The molecule has 0 spiro atoms. The number of carbonyl (C=O) groups is 1. The van der Waals surface area contributed by atoms with Crippen LogP contribution in [0.15, 0.2) is 30.3 Å². The molecular weight excluding hydrogens is 492 g/mol. The third-order valence-corrected chi connectivity index (χ3v) is 7.97. The van der Waals surface area contributed by atoms with Gasteiger partial charge in [-0.05, 0) is 80.0 Å². The van der Waals surface area contributed by atoms with Gasteiger partial charge in [-0.25, -0.2) is 13.8 Å². The van der Waals surface area contributed by atoms with Crippen molar-refractivity contribution >= 4 is 11.8 Å². The highest BCUT2D eigenvalue weighted by Crippen LogP contribution is 2.34. The normalized spacial score (nSPS) is 21.4. The summed E-state index contributed by atoms with van der Waals surface area (Å²) < 4.78 is 40.3. The quantitative estimate of drug-likeness (QED) is 0.386. The molecule has 38 heavy (non-hydrogen) atoms. The zero-order chi connectivity index (χ0) is 26.5. The summed E-state index contributed by atoms with van der Waals surface area (Å²) >= 11 is 0. The van der Waals surface area contributed by atoms with Gasteiger partial charge in [0.25, 0.3) is 0 Å². The summed E-state index contributed by atoms with van der Waals surface area (Å²) in [5.74, 6) is -0.804. The number of carboxylic acid groups (broad SMARTS) is 1. The number of benzene rings is 1. The number of nitrogens with one attached hydrogen (secondary N) is 1. The second-order valence-electron chi connectivity index (χ2n) is 10.7. The zero-order valence-electron chi connectivity index (χ0n) is 21.7. The summed E-state index contributed by atoms with van der Waals surface area (Å²) in [5, 5.41) is 13.4. The first-order valence-corrected chi connectivity index (χ1v) is 13.8. The van der Waals surface area contributed by atoms with Crippen LogP contribution in [0, 0.1) is 11.7 Å². The Morgan fingerprint density at radius 3 is 2.92 bits per heavy atom. The second-order valence-corrected chi connectivity index (χ2v) is 10.7. The van der Waals surface area contributed by atoms with E-state index in [4.69, 9.17) is 14.5 Å². The number of carboxylic acids is 1. The maximum Gasteiger partial charge on any atom is 0.325 e. The molecule has 2 N–H and O–H groups in total. The summed E-state index contributed by atoms with van der Waals surface area (Å²) in [4.78, 5) is 18.8. The molecule has 0 aliphatic carbocycles. The van der Waals surface area contributed by atoms with Gasteiger partial charge in [-0.3, -0.25) is 9.69 Å². The van der Waals surface area contributed by atoms with Gasteiger partial charge in [0.2, 0.25) is 0 Å². The molecule has 5 rings (SSSR count). The van der Waals surface area contributed by atoms with E-state index in [0.717, 1.165) is 50.2 Å². The monoisotopic (exact) mass is 529 g/mol. The fourth-order valence-electron chi connectivity index (χ4n) is 5.69. The molecule has 206 valence electrons. The molecule has 2 fully saturated rings. The number of aromatic nitrogens is 1. The van der Waals surface area contributed by atoms with E-state index in [1.54, 1.807) is 11.0 Å². The summed E-state index contributed by atoms with van der Waals surface area (Å²) in [5.41, 5.74) is 3.31. The first kappa shape index (κ1) is 27.0. The Morgan fingerprint density at radius 1 is 1.26 bits per heavy atom. The van der Waals surface area contributed by atoms with Crippen LogP contribution in [0.4, 0.5) is 14.6 Å². The summed E-state index contributed by atoms with van der Waals surface area (Å²) in [7, 11) is 0. The number of alkyl halides is 1. The minimum Gasteiger partial charge on any atom is -0.480 e. The number of aliphatic carboxylic acids is 1. The van der Waals surface area contributed by atoms with Crippen molar-refractivity contribution in [1.29, 1.82) is 0 Å². The van der Waals surface area contributed by atoms with E-state index in [0.29, 0.717) is 50.3 Å². The number of unbranched alkanes of at least 4 members (excludes halogenated alkanes) is 1. The van der Waals surface area contributed by atoms with Crippen molar-refractivity contribution in [3.63, 3.8) is 0 Å². The smallest absolute Gasteiger partial charge is 0.325 e. The number of aryl methyl sites for hydroxylation is 2. The molecule has 7 nitrogen and oxygen atoms in total. The maximum atomic E-state index is 15.2. The van der Waals surface area contributed by atoms with Crippen molar-refractivity contribution in [2.24, 2.45) is 5.92 Å². The Hall–Kier alpha value is -2.62. The van der Waals surface area contributed by atoms with Crippen molar-refractivity contribution in [2.45, 2.75) is 69.9 Å². The number of anilines is 1. The van der Waals surface area contributed by atoms with Gasteiger partial charge in [0, 0.05) is 24.7 Å². The number of ether oxygens (including phenoxy) is 2. The molecule has 0 saturated carbocycles. The van der Waals surface area contributed by atoms with Crippen LogP contribution >= 0.6 is 0 Å². The van der Waals surface area contributed by atoms with Gasteiger partial charge in [0.05, 0.1) is 19.8 Å². The molecule has 2 aromatic rings. The van der Waals surface area contributed by atoms with Crippen molar-refractivity contribution in [3.05, 3.63) is 58.5 Å². The van der Waals surface area contributed by atoms with Gasteiger partial charge in [-0.1, -0.05) is 18.6 Å². The first-order valence-electron chi connectivity index (χ1n) is 13.8.